The van der Waals surface area contributed by atoms with Gasteiger partial charge >= 0.3 is 0 Å². The Morgan fingerprint density at radius 3 is 2.63 bits per heavy atom. The molecule has 0 spiro atoms. The quantitative estimate of drug-likeness (QED) is 0.876. The van der Waals surface area contributed by atoms with Crippen molar-refractivity contribution < 1.29 is 4.74 Å². The summed E-state index contributed by atoms with van der Waals surface area (Å²) < 4.78 is 5.94. The number of hydrogen-bond acceptors (Lipinski definition) is 4. The molecule has 1 aliphatic carbocycles. The van der Waals surface area contributed by atoms with E-state index in [2.05, 4.69) is 16.4 Å². The molecule has 0 aliphatic heterocycles. The second-order valence-electron chi connectivity index (χ2n) is 5.54. The lowest BCUT2D eigenvalue weighted by atomic mass is 9.76. The van der Waals surface area contributed by atoms with Crippen LogP contribution in [-0.4, -0.2) is 24.7 Å². The minimum atomic E-state index is -0.156. The van der Waals surface area contributed by atoms with Gasteiger partial charge in [0.15, 0.2) is 0 Å². The van der Waals surface area contributed by atoms with E-state index in [-0.39, 0.29) is 11.6 Å². The summed E-state index contributed by atoms with van der Waals surface area (Å²) in [4.78, 5) is 4.29. The van der Waals surface area contributed by atoms with Crippen molar-refractivity contribution >= 4 is 5.82 Å². The molecule has 1 saturated carbocycles. The van der Waals surface area contributed by atoms with Crippen molar-refractivity contribution in [2.24, 2.45) is 0 Å². The highest BCUT2D eigenvalue weighted by atomic mass is 16.5. The number of nitrogens with two attached hydrogens (primary N) is 1. The Bertz CT molecular complexity index is 427. The maximum Gasteiger partial charge on any atom is 0.128 e. The third-order valence-corrected chi connectivity index (χ3v) is 4.32. The molecule has 0 aromatic carbocycles. The Hall–Kier alpha value is -1.13. The summed E-state index contributed by atoms with van der Waals surface area (Å²) >= 11 is 0. The largest absolute Gasteiger partial charge is 0.383 e. The van der Waals surface area contributed by atoms with Gasteiger partial charge < -0.3 is 15.8 Å². The van der Waals surface area contributed by atoms with Crippen LogP contribution in [0.4, 0.5) is 5.82 Å². The highest BCUT2D eigenvalue weighted by Crippen LogP contribution is 2.42. The van der Waals surface area contributed by atoms with E-state index in [0.29, 0.717) is 5.82 Å². The van der Waals surface area contributed by atoms with Gasteiger partial charge in [0.05, 0.1) is 11.6 Å². The number of nitrogens with zero attached hydrogens (tertiary/aromatic N) is 1. The molecular formula is C15H25N3O. The Labute approximate surface area is 115 Å². The van der Waals surface area contributed by atoms with Crippen LogP contribution in [0.1, 0.15) is 49.3 Å². The number of anilines is 1. The van der Waals surface area contributed by atoms with Crippen molar-refractivity contribution in [1.82, 2.24) is 10.3 Å². The molecule has 3 N–H and O–H groups in total. The van der Waals surface area contributed by atoms with Gasteiger partial charge in [-0.2, -0.15) is 0 Å². The summed E-state index contributed by atoms with van der Waals surface area (Å²) in [6, 6.07) is 2.23. The highest BCUT2D eigenvalue weighted by molar-refractivity contribution is 5.44. The number of nitrogen functional groups attached to an aromatic ring is 1. The molecular weight excluding hydrogens is 238 g/mol. The highest BCUT2D eigenvalue weighted by Gasteiger charge is 2.41. The molecule has 1 aromatic heterocycles. The average Bonchev–Trinajstić information content (AvgIpc) is 2.44. The molecule has 4 heteroatoms. The first-order valence-corrected chi connectivity index (χ1v) is 7.07. The average molecular weight is 263 g/mol. The third-order valence-electron chi connectivity index (χ3n) is 4.32. The molecule has 19 heavy (non-hydrogen) atoms. The lowest BCUT2D eigenvalue weighted by Crippen LogP contribution is -2.46. The number of pyridine rings is 1. The molecule has 4 nitrogen and oxygen atoms in total. The number of ether oxygens (including phenoxy) is 1. The van der Waals surface area contributed by atoms with E-state index >= 15 is 0 Å². The van der Waals surface area contributed by atoms with Gasteiger partial charge in [0.2, 0.25) is 0 Å². The van der Waals surface area contributed by atoms with E-state index in [1.807, 2.05) is 27.3 Å². The minimum Gasteiger partial charge on any atom is -0.383 e. The lowest BCUT2D eigenvalue weighted by molar-refractivity contribution is -0.0670. The first-order valence-electron chi connectivity index (χ1n) is 7.07. The summed E-state index contributed by atoms with van der Waals surface area (Å²) in [5, 5.41) is 3.40. The van der Waals surface area contributed by atoms with Gasteiger partial charge in [-0.15, -0.1) is 0 Å². The molecule has 2 rings (SSSR count). The maximum absolute atomic E-state index is 6.08. The second kappa shape index (κ2) is 5.88. The van der Waals surface area contributed by atoms with Crippen molar-refractivity contribution in [3.8, 4) is 0 Å². The van der Waals surface area contributed by atoms with Crippen LogP contribution in [0, 0.1) is 6.92 Å². The van der Waals surface area contributed by atoms with Crippen molar-refractivity contribution in [1.29, 1.82) is 0 Å². The predicted molar refractivity (Wildman–Crippen MR) is 78.0 cm³/mol. The molecule has 1 fully saturated rings. The van der Waals surface area contributed by atoms with E-state index in [4.69, 9.17) is 10.5 Å². The van der Waals surface area contributed by atoms with Crippen LogP contribution in [0.5, 0.6) is 0 Å². The Morgan fingerprint density at radius 2 is 2.05 bits per heavy atom. The molecule has 106 valence electrons. The van der Waals surface area contributed by atoms with Crippen LogP contribution in [0.3, 0.4) is 0 Å². The van der Waals surface area contributed by atoms with E-state index < -0.39 is 0 Å². The van der Waals surface area contributed by atoms with Crippen LogP contribution >= 0.6 is 0 Å². The number of nitrogens with one attached hydrogen (secondary N) is 1. The fourth-order valence-electron chi connectivity index (χ4n) is 3.30. The molecule has 1 aliphatic rings. The van der Waals surface area contributed by atoms with Gasteiger partial charge in [0, 0.05) is 18.9 Å². The summed E-state index contributed by atoms with van der Waals surface area (Å²) in [6.45, 7) is 2.04. The standard InChI is InChI=1S/C15H25N3O/c1-11-9-12(14(16)18-10-11)13(17-2)15(19-3)7-5-4-6-8-15/h9-10,13,17H,4-8H2,1-3H3,(H2,16,18). The number of hydrogen-bond donors (Lipinski definition) is 2. The maximum atomic E-state index is 6.08. The zero-order valence-electron chi connectivity index (χ0n) is 12.2. The van der Waals surface area contributed by atoms with Gasteiger partial charge in [-0.05, 0) is 38.4 Å². The summed E-state index contributed by atoms with van der Waals surface area (Å²) in [5.74, 6) is 0.604. The second-order valence-corrected chi connectivity index (χ2v) is 5.54. The number of aryl methyl sites for hydroxylation is 1. The van der Waals surface area contributed by atoms with Crippen molar-refractivity contribution in [2.75, 3.05) is 19.9 Å². The van der Waals surface area contributed by atoms with E-state index in [1.54, 1.807) is 0 Å². The summed E-state index contributed by atoms with van der Waals surface area (Å²) in [7, 11) is 3.79. The molecule has 1 aromatic rings. The molecule has 1 atom stereocenters. The molecule has 1 heterocycles. The topological polar surface area (TPSA) is 60.2 Å². The van der Waals surface area contributed by atoms with E-state index in [9.17, 15) is 0 Å². The predicted octanol–water partition coefficient (Wildman–Crippen LogP) is 2.58. The van der Waals surface area contributed by atoms with Crippen molar-refractivity contribution in [3.05, 3.63) is 23.4 Å². The van der Waals surface area contributed by atoms with E-state index in [1.165, 1.54) is 19.3 Å². The fraction of sp³-hybridized carbons (Fsp3) is 0.667. The zero-order valence-corrected chi connectivity index (χ0v) is 12.2. The smallest absolute Gasteiger partial charge is 0.128 e. The van der Waals surface area contributed by atoms with Crippen LogP contribution in [0.25, 0.3) is 0 Å². The monoisotopic (exact) mass is 263 g/mol. The summed E-state index contributed by atoms with van der Waals surface area (Å²) in [6.07, 6.45) is 7.68. The molecule has 0 bridgehead atoms. The number of likely N-dealkylation sites (N-methyl/N-ethyl adjacent to an activating group) is 1. The normalized spacial score (nSPS) is 20.2. The van der Waals surface area contributed by atoms with E-state index in [0.717, 1.165) is 24.0 Å². The van der Waals surface area contributed by atoms with Crippen LogP contribution < -0.4 is 11.1 Å². The van der Waals surface area contributed by atoms with Crippen LogP contribution in [-0.2, 0) is 4.74 Å². The minimum absolute atomic E-state index is 0.102. The first kappa shape index (κ1) is 14.3. The van der Waals surface area contributed by atoms with Gasteiger partial charge in [-0.3, -0.25) is 0 Å². The van der Waals surface area contributed by atoms with Crippen LogP contribution in [0.2, 0.25) is 0 Å². The SMILES string of the molecule is CNC(c1cc(C)cnc1N)C1(OC)CCCCC1. The number of aromatic nitrogens is 1. The van der Waals surface area contributed by atoms with Gasteiger partial charge in [0.1, 0.15) is 5.82 Å². The Morgan fingerprint density at radius 1 is 1.37 bits per heavy atom. The first-order chi connectivity index (χ1) is 9.13. The molecule has 0 radical (unpaired) electrons. The molecule has 1 unspecified atom stereocenters. The van der Waals surface area contributed by atoms with Crippen LogP contribution in [0.15, 0.2) is 12.3 Å². The van der Waals surface area contributed by atoms with Gasteiger partial charge in [-0.1, -0.05) is 19.3 Å². The number of rotatable bonds is 4. The Kier molecular flexibility index (Phi) is 4.42. The third kappa shape index (κ3) is 2.74. The number of methoxy groups -OCH3 is 1. The Balaban J connectivity index is 2.39. The molecule has 0 saturated heterocycles. The molecule has 0 amide bonds. The van der Waals surface area contributed by atoms with Gasteiger partial charge in [-0.25, -0.2) is 4.98 Å². The lowest BCUT2D eigenvalue weighted by Gasteiger charge is -2.42. The van der Waals surface area contributed by atoms with Crippen molar-refractivity contribution in [2.45, 2.75) is 50.7 Å². The zero-order chi connectivity index (χ0) is 13.9. The fourth-order valence-corrected chi connectivity index (χ4v) is 3.30. The van der Waals surface area contributed by atoms with Gasteiger partial charge in [0.25, 0.3) is 0 Å². The van der Waals surface area contributed by atoms with Crippen molar-refractivity contribution in [3.63, 3.8) is 0 Å². The summed E-state index contributed by atoms with van der Waals surface area (Å²) in [5.41, 5.74) is 8.12.